The van der Waals surface area contributed by atoms with Gasteiger partial charge in [0.2, 0.25) is 0 Å². The van der Waals surface area contributed by atoms with E-state index in [0.29, 0.717) is 5.11 Å². The second kappa shape index (κ2) is 5.14. The summed E-state index contributed by atoms with van der Waals surface area (Å²) in [7, 11) is 1.80. The minimum Gasteiger partial charge on any atom is -0.366 e. The molecule has 0 amide bonds. The first-order valence-corrected chi connectivity index (χ1v) is 6.09. The van der Waals surface area contributed by atoms with Gasteiger partial charge in [0.05, 0.1) is 11.7 Å². The fourth-order valence-electron chi connectivity index (χ4n) is 1.75. The molecule has 90 valence electrons. The second-order valence-electron chi connectivity index (χ2n) is 3.85. The van der Waals surface area contributed by atoms with Crippen LogP contribution in [-0.4, -0.2) is 21.9 Å². The number of aromatic nitrogens is 2. The van der Waals surface area contributed by atoms with Crippen LogP contribution >= 0.6 is 12.2 Å². The number of thiocarbonyl (C=S) groups is 1. The van der Waals surface area contributed by atoms with Gasteiger partial charge < -0.3 is 10.6 Å². The van der Waals surface area contributed by atoms with Crippen LogP contribution in [0.4, 0.5) is 5.69 Å². The fraction of sp³-hybridized carbons (Fsp3) is 0.333. The smallest absolute Gasteiger partial charge is 0.170 e. The maximum absolute atomic E-state index is 5.06. The number of nitrogens with zero attached hydrogens (tertiary/aromatic N) is 2. The van der Waals surface area contributed by atoms with Crippen LogP contribution < -0.4 is 10.6 Å². The molecule has 0 aliphatic carbocycles. The largest absolute Gasteiger partial charge is 0.366 e. The van der Waals surface area contributed by atoms with Crippen molar-refractivity contribution in [2.45, 2.75) is 19.9 Å². The van der Waals surface area contributed by atoms with Gasteiger partial charge in [0.1, 0.15) is 0 Å². The summed E-state index contributed by atoms with van der Waals surface area (Å²) >= 11 is 5.06. The average molecular weight is 248 g/mol. The third kappa shape index (κ3) is 2.55. The van der Waals surface area contributed by atoms with Crippen molar-refractivity contribution in [3.8, 4) is 0 Å². The third-order valence-electron chi connectivity index (χ3n) is 2.56. The highest BCUT2D eigenvalue weighted by atomic mass is 32.1. The van der Waals surface area contributed by atoms with Crippen molar-refractivity contribution >= 4 is 33.9 Å². The molecule has 0 saturated carbocycles. The van der Waals surface area contributed by atoms with Crippen molar-refractivity contribution in [1.82, 2.24) is 15.1 Å². The van der Waals surface area contributed by atoms with Crippen molar-refractivity contribution < 1.29 is 0 Å². The van der Waals surface area contributed by atoms with Crippen LogP contribution in [-0.2, 0) is 6.54 Å². The summed E-state index contributed by atoms with van der Waals surface area (Å²) in [5.74, 6) is 0. The molecule has 4 nitrogen and oxygen atoms in total. The summed E-state index contributed by atoms with van der Waals surface area (Å²) in [6.07, 6.45) is 2.97. The van der Waals surface area contributed by atoms with Crippen molar-refractivity contribution in [3.63, 3.8) is 0 Å². The number of rotatable bonds is 3. The van der Waals surface area contributed by atoms with Gasteiger partial charge in [-0.3, -0.25) is 4.68 Å². The van der Waals surface area contributed by atoms with Gasteiger partial charge in [0.15, 0.2) is 5.11 Å². The van der Waals surface area contributed by atoms with E-state index in [4.69, 9.17) is 12.2 Å². The molecule has 2 N–H and O–H groups in total. The molecule has 2 aromatic rings. The minimum atomic E-state index is 0.616. The monoisotopic (exact) mass is 248 g/mol. The lowest BCUT2D eigenvalue weighted by Crippen LogP contribution is -2.23. The molecule has 0 aliphatic heterocycles. The summed E-state index contributed by atoms with van der Waals surface area (Å²) in [5, 5.41) is 12.1. The molecule has 1 heterocycles. The highest BCUT2D eigenvalue weighted by Crippen LogP contribution is 2.19. The van der Waals surface area contributed by atoms with Gasteiger partial charge in [0, 0.05) is 24.7 Å². The van der Waals surface area contributed by atoms with Crippen LogP contribution in [0.1, 0.15) is 13.3 Å². The standard InChI is InChI=1S/C12H16N4S/c1-3-6-16-11-5-4-10(15-12(17)13-2)7-9(11)8-14-16/h4-5,7-8H,3,6H2,1-2H3,(H2,13,15,17). The van der Waals surface area contributed by atoms with Gasteiger partial charge in [-0.1, -0.05) is 6.92 Å². The Labute approximate surface area is 106 Å². The van der Waals surface area contributed by atoms with Crippen LogP contribution in [0.5, 0.6) is 0 Å². The summed E-state index contributed by atoms with van der Waals surface area (Å²) in [5.41, 5.74) is 2.14. The van der Waals surface area contributed by atoms with Gasteiger partial charge in [-0.05, 0) is 36.8 Å². The van der Waals surface area contributed by atoms with Crippen molar-refractivity contribution in [2.75, 3.05) is 12.4 Å². The van der Waals surface area contributed by atoms with Crippen LogP contribution in [0.15, 0.2) is 24.4 Å². The summed E-state index contributed by atoms with van der Waals surface area (Å²) in [6.45, 7) is 3.10. The highest BCUT2D eigenvalue weighted by molar-refractivity contribution is 7.80. The number of benzene rings is 1. The molecular formula is C12H16N4S. The molecule has 0 saturated heterocycles. The first-order chi connectivity index (χ1) is 8.24. The molecule has 5 heteroatoms. The molecule has 0 aliphatic rings. The van der Waals surface area contributed by atoms with Crippen molar-refractivity contribution in [3.05, 3.63) is 24.4 Å². The van der Waals surface area contributed by atoms with E-state index in [2.05, 4.69) is 34.8 Å². The van der Waals surface area contributed by atoms with E-state index < -0.39 is 0 Å². The molecule has 17 heavy (non-hydrogen) atoms. The lowest BCUT2D eigenvalue weighted by molar-refractivity contribution is 0.622. The molecule has 0 unspecified atom stereocenters. The molecule has 0 spiro atoms. The third-order valence-corrected chi connectivity index (χ3v) is 2.87. The summed E-state index contributed by atoms with van der Waals surface area (Å²) < 4.78 is 2.02. The van der Waals surface area contributed by atoms with E-state index in [1.54, 1.807) is 7.05 Å². The number of anilines is 1. The number of aryl methyl sites for hydroxylation is 1. The van der Waals surface area contributed by atoms with E-state index in [1.165, 1.54) is 0 Å². The molecule has 1 aromatic heterocycles. The molecule has 0 radical (unpaired) electrons. The summed E-state index contributed by atoms with van der Waals surface area (Å²) in [6, 6.07) is 6.14. The maximum Gasteiger partial charge on any atom is 0.170 e. The lowest BCUT2D eigenvalue weighted by atomic mass is 10.2. The molecule has 0 atom stereocenters. The Morgan fingerprint density at radius 1 is 1.47 bits per heavy atom. The van der Waals surface area contributed by atoms with E-state index in [0.717, 1.165) is 29.6 Å². The number of nitrogens with one attached hydrogen (secondary N) is 2. The zero-order valence-electron chi connectivity index (χ0n) is 10.0. The zero-order valence-corrected chi connectivity index (χ0v) is 10.8. The molecule has 1 aromatic carbocycles. The first kappa shape index (κ1) is 11.9. The van der Waals surface area contributed by atoms with Gasteiger partial charge in [-0.25, -0.2) is 0 Å². The van der Waals surface area contributed by atoms with Crippen LogP contribution in [0, 0.1) is 0 Å². The van der Waals surface area contributed by atoms with E-state index in [1.807, 2.05) is 16.9 Å². The topological polar surface area (TPSA) is 41.9 Å². The minimum absolute atomic E-state index is 0.616. The van der Waals surface area contributed by atoms with Crippen molar-refractivity contribution in [2.24, 2.45) is 0 Å². The van der Waals surface area contributed by atoms with E-state index >= 15 is 0 Å². The molecule has 0 fully saturated rings. The zero-order chi connectivity index (χ0) is 12.3. The molecule has 2 rings (SSSR count). The Bertz CT molecular complexity index is 532. The predicted octanol–water partition coefficient (Wildman–Crippen LogP) is 2.36. The Morgan fingerprint density at radius 2 is 2.29 bits per heavy atom. The molecule has 0 bridgehead atoms. The van der Waals surface area contributed by atoms with Gasteiger partial charge in [-0.2, -0.15) is 5.10 Å². The maximum atomic E-state index is 5.06. The number of hydrogen-bond acceptors (Lipinski definition) is 2. The Morgan fingerprint density at radius 3 is 3.00 bits per heavy atom. The van der Waals surface area contributed by atoms with Crippen LogP contribution in [0.25, 0.3) is 10.9 Å². The highest BCUT2D eigenvalue weighted by Gasteiger charge is 2.03. The first-order valence-electron chi connectivity index (χ1n) is 5.69. The normalized spacial score (nSPS) is 10.5. The number of fused-ring (bicyclic) bond motifs is 1. The Balaban J connectivity index is 2.29. The van der Waals surface area contributed by atoms with Gasteiger partial charge >= 0.3 is 0 Å². The Kier molecular flexibility index (Phi) is 3.58. The molecular weight excluding hydrogens is 232 g/mol. The quantitative estimate of drug-likeness (QED) is 0.818. The predicted molar refractivity (Wildman–Crippen MR) is 75.3 cm³/mol. The SMILES string of the molecule is CCCn1ncc2cc(NC(=S)NC)ccc21. The fourth-order valence-corrected chi connectivity index (χ4v) is 1.87. The van der Waals surface area contributed by atoms with E-state index in [9.17, 15) is 0 Å². The average Bonchev–Trinajstić information content (AvgIpc) is 2.72. The van der Waals surface area contributed by atoms with Crippen LogP contribution in [0.3, 0.4) is 0 Å². The van der Waals surface area contributed by atoms with Gasteiger partial charge in [0.25, 0.3) is 0 Å². The van der Waals surface area contributed by atoms with Gasteiger partial charge in [-0.15, -0.1) is 0 Å². The van der Waals surface area contributed by atoms with Crippen LogP contribution in [0.2, 0.25) is 0 Å². The summed E-state index contributed by atoms with van der Waals surface area (Å²) in [4.78, 5) is 0. The second-order valence-corrected chi connectivity index (χ2v) is 4.25. The van der Waals surface area contributed by atoms with E-state index in [-0.39, 0.29) is 0 Å². The number of hydrogen-bond donors (Lipinski definition) is 2. The Hall–Kier alpha value is -1.62. The lowest BCUT2D eigenvalue weighted by Gasteiger charge is -2.07. The van der Waals surface area contributed by atoms with Crippen molar-refractivity contribution in [1.29, 1.82) is 0 Å².